The number of nitrogens with two attached hydrogens (primary N) is 1. The Kier molecular flexibility index (Phi) is 3.89. The molecule has 0 heterocycles. The summed E-state index contributed by atoms with van der Waals surface area (Å²) in [5.74, 6) is -0.360. The Bertz CT molecular complexity index is 200. The lowest BCUT2D eigenvalue weighted by Crippen LogP contribution is -2.49. The second-order valence-corrected chi connectivity index (χ2v) is 3.84. The molecule has 1 amide bonds. The van der Waals surface area contributed by atoms with Crippen molar-refractivity contribution in [2.75, 3.05) is 7.11 Å². The van der Waals surface area contributed by atoms with Crippen molar-refractivity contribution in [1.82, 2.24) is 0 Å². The second-order valence-electron chi connectivity index (χ2n) is 3.84. The molecule has 0 spiro atoms. The summed E-state index contributed by atoms with van der Waals surface area (Å²) in [4.78, 5) is 11.4. The van der Waals surface area contributed by atoms with E-state index in [-0.39, 0.29) is 12.2 Å². The van der Waals surface area contributed by atoms with Gasteiger partial charge in [0.15, 0.2) is 6.29 Å². The highest BCUT2D eigenvalue weighted by atomic mass is 16.7. The minimum absolute atomic E-state index is 0.360. The molecule has 0 aromatic rings. The molecule has 0 saturated heterocycles. The average molecular weight is 201 g/mol. The third-order valence-corrected chi connectivity index (χ3v) is 2.83. The second kappa shape index (κ2) is 4.75. The lowest BCUT2D eigenvalue weighted by molar-refractivity contribution is -0.202. The molecular weight excluding hydrogens is 182 g/mol. The fraction of sp³-hybridized carbons (Fsp3) is 0.900. The molecule has 0 radical (unpaired) electrons. The van der Waals surface area contributed by atoms with Crippen LogP contribution in [0, 0.1) is 0 Å². The Morgan fingerprint density at radius 1 is 1.36 bits per heavy atom. The molecule has 0 aliphatic heterocycles. The van der Waals surface area contributed by atoms with Gasteiger partial charge in [0, 0.05) is 7.11 Å². The monoisotopic (exact) mass is 201 g/mol. The van der Waals surface area contributed by atoms with Crippen molar-refractivity contribution >= 4 is 5.91 Å². The van der Waals surface area contributed by atoms with Crippen LogP contribution in [0.25, 0.3) is 0 Å². The summed E-state index contributed by atoms with van der Waals surface area (Å²) >= 11 is 0. The number of carbonyl (C=O) groups excluding carboxylic acids is 1. The first-order valence-electron chi connectivity index (χ1n) is 5.11. The van der Waals surface area contributed by atoms with Crippen molar-refractivity contribution in [3.8, 4) is 0 Å². The summed E-state index contributed by atoms with van der Waals surface area (Å²) in [6.07, 6.45) is 4.21. The van der Waals surface area contributed by atoms with Crippen molar-refractivity contribution < 1.29 is 14.3 Å². The molecule has 1 atom stereocenters. The van der Waals surface area contributed by atoms with Crippen LogP contribution in [-0.2, 0) is 14.3 Å². The van der Waals surface area contributed by atoms with Gasteiger partial charge in [-0.3, -0.25) is 4.79 Å². The van der Waals surface area contributed by atoms with E-state index in [1.54, 1.807) is 14.0 Å². The Labute approximate surface area is 84.7 Å². The predicted molar refractivity (Wildman–Crippen MR) is 52.6 cm³/mol. The highest BCUT2D eigenvalue weighted by Gasteiger charge is 2.40. The summed E-state index contributed by atoms with van der Waals surface area (Å²) in [5, 5.41) is 0. The molecule has 1 saturated carbocycles. The van der Waals surface area contributed by atoms with Gasteiger partial charge < -0.3 is 15.2 Å². The van der Waals surface area contributed by atoms with E-state index in [0.717, 1.165) is 32.1 Å². The van der Waals surface area contributed by atoms with Crippen LogP contribution in [0.4, 0.5) is 0 Å². The average Bonchev–Trinajstić information content (AvgIpc) is 2.19. The number of carbonyl (C=O) groups is 1. The van der Waals surface area contributed by atoms with Crippen LogP contribution < -0.4 is 5.73 Å². The number of hydrogen-bond acceptors (Lipinski definition) is 3. The Morgan fingerprint density at radius 3 is 2.36 bits per heavy atom. The Hall–Kier alpha value is -0.610. The van der Waals surface area contributed by atoms with Gasteiger partial charge in [0.1, 0.15) is 5.60 Å². The first kappa shape index (κ1) is 11.5. The molecule has 0 aromatic heterocycles. The maximum Gasteiger partial charge on any atom is 0.249 e. The largest absolute Gasteiger partial charge is 0.367 e. The number of amides is 1. The molecule has 4 nitrogen and oxygen atoms in total. The molecule has 82 valence electrons. The first-order chi connectivity index (χ1) is 6.60. The molecule has 4 heteroatoms. The SMILES string of the molecule is COC(C)OC1(C(N)=O)CCCCC1. The van der Waals surface area contributed by atoms with Gasteiger partial charge in [-0.05, 0) is 19.8 Å². The molecule has 1 aliphatic carbocycles. The van der Waals surface area contributed by atoms with Gasteiger partial charge in [0.25, 0.3) is 0 Å². The summed E-state index contributed by atoms with van der Waals surface area (Å²) in [5.41, 5.74) is 4.60. The van der Waals surface area contributed by atoms with Crippen molar-refractivity contribution in [2.45, 2.75) is 50.9 Å². The summed E-state index contributed by atoms with van der Waals surface area (Å²) < 4.78 is 10.6. The number of ether oxygens (including phenoxy) is 2. The molecule has 1 unspecified atom stereocenters. The van der Waals surface area contributed by atoms with E-state index in [4.69, 9.17) is 15.2 Å². The van der Waals surface area contributed by atoms with E-state index in [1.807, 2.05) is 0 Å². The van der Waals surface area contributed by atoms with Crippen molar-refractivity contribution in [3.63, 3.8) is 0 Å². The molecule has 0 aromatic carbocycles. The molecule has 1 rings (SSSR count). The summed E-state index contributed by atoms with van der Waals surface area (Å²) in [7, 11) is 1.56. The van der Waals surface area contributed by atoms with E-state index in [0.29, 0.717) is 0 Å². The Morgan fingerprint density at radius 2 is 1.93 bits per heavy atom. The zero-order valence-electron chi connectivity index (χ0n) is 8.91. The predicted octanol–water partition coefficient (Wildman–Crippen LogP) is 1.18. The lowest BCUT2D eigenvalue weighted by Gasteiger charge is -2.35. The highest BCUT2D eigenvalue weighted by molar-refractivity contribution is 5.83. The molecule has 0 bridgehead atoms. The van der Waals surface area contributed by atoms with Gasteiger partial charge in [-0.25, -0.2) is 0 Å². The van der Waals surface area contributed by atoms with Gasteiger partial charge in [0.05, 0.1) is 0 Å². The Balaban J connectivity index is 2.65. The van der Waals surface area contributed by atoms with E-state index < -0.39 is 5.60 Å². The number of primary amides is 1. The fourth-order valence-electron chi connectivity index (χ4n) is 1.91. The van der Waals surface area contributed by atoms with E-state index in [9.17, 15) is 4.79 Å². The molecule has 1 fully saturated rings. The maximum atomic E-state index is 11.4. The quantitative estimate of drug-likeness (QED) is 0.695. The number of rotatable bonds is 4. The number of hydrogen-bond donors (Lipinski definition) is 1. The van der Waals surface area contributed by atoms with Crippen LogP contribution in [0.5, 0.6) is 0 Å². The standard InChI is InChI=1S/C10H19NO3/c1-8(13-2)14-10(9(11)12)6-4-3-5-7-10/h8H,3-7H2,1-2H3,(H2,11,12). The minimum Gasteiger partial charge on any atom is -0.367 e. The van der Waals surface area contributed by atoms with Crippen molar-refractivity contribution in [3.05, 3.63) is 0 Å². The molecule has 1 aliphatic rings. The summed E-state index contributed by atoms with van der Waals surface area (Å²) in [6, 6.07) is 0. The van der Waals surface area contributed by atoms with Crippen molar-refractivity contribution in [1.29, 1.82) is 0 Å². The van der Waals surface area contributed by atoms with Crippen LogP contribution in [0.2, 0.25) is 0 Å². The summed E-state index contributed by atoms with van der Waals surface area (Å²) in [6.45, 7) is 1.78. The normalized spacial score (nSPS) is 23.0. The van der Waals surface area contributed by atoms with Crippen LogP contribution >= 0.6 is 0 Å². The van der Waals surface area contributed by atoms with Gasteiger partial charge in [-0.2, -0.15) is 0 Å². The van der Waals surface area contributed by atoms with Crippen LogP contribution in [0.15, 0.2) is 0 Å². The van der Waals surface area contributed by atoms with E-state index >= 15 is 0 Å². The number of methoxy groups -OCH3 is 1. The topological polar surface area (TPSA) is 61.6 Å². The van der Waals surface area contributed by atoms with Crippen LogP contribution in [-0.4, -0.2) is 24.9 Å². The highest BCUT2D eigenvalue weighted by Crippen LogP contribution is 2.32. The van der Waals surface area contributed by atoms with Gasteiger partial charge in [0.2, 0.25) is 5.91 Å². The van der Waals surface area contributed by atoms with Crippen LogP contribution in [0.3, 0.4) is 0 Å². The lowest BCUT2D eigenvalue weighted by atomic mass is 9.84. The smallest absolute Gasteiger partial charge is 0.249 e. The van der Waals surface area contributed by atoms with Crippen LogP contribution in [0.1, 0.15) is 39.0 Å². The van der Waals surface area contributed by atoms with Gasteiger partial charge in [-0.15, -0.1) is 0 Å². The van der Waals surface area contributed by atoms with Gasteiger partial charge in [-0.1, -0.05) is 19.3 Å². The molecular formula is C10H19NO3. The molecule has 14 heavy (non-hydrogen) atoms. The molecule has 2 N–H and O–H groups in total. The first-order valence-corrected chi connectivity index (χ1v) is 5.11. The third-order valence-electron chi connectivity index (χ3n) is 2.83. The van der Waals surface area contributed by atoms with Crippen molar-refractivity contribution in [2.24, 2.45) is 5.73 Å². The fourth-order valence-corrected chi connectivity index (χ4v) is 1.91. The van der Waals surface area contributed by atoms with E-state index in [1.165, 1.54) is 0 Å². The zero-order chi connectivity index (χ0) is 10.6. The van der Waals surface area contributed by atoms with E-state index in [2.05, 4.69) is 0 Å². The maximum absolute atomic E-state index is 11.4. The minimum atomic E-state index is -0.784. The van der Waals surface area contributed by atoms with Gasteiger partial charge >= 0.3 is 0 Å². The zero-order valence-corrected chi connectivity index (χ0v) is 8.91. The third kappa shape index (κ3) is 2.45.